The number of sulfonamides is 1. The summed E-state index contributed by atoms with van der Waals surface area (Å²) in [6.07, 6.45) is 2.05. The molecule has 1 saturated carbocycles. The minimum Gasteiger partial charge on any atom is -0.381 e. The summed E-state index contributed by atoms with van der Waals surface area (Å²) in [5.74, 6) is -1.95. The highest BCUT2D eigenvalue weighted by Crippen LogP contribution is 2.45. The molecule has 1 amide bonds. The van der Waals surface area contributed by atoms with Gasteiger partial charge in [0.1, 0.15) is 17.2 Å². The molecular weight excluding hydrogens is 486 g/mol. The zero-order valence-corrected chi connectivity index (χ0v) is 20.6. The van der Waals surface area contributed by atoms with E-state index in [0.717, 1.165) is 18.4 Å². The number of halogens is 3. The molecule has 2 N–H and O–H groups in total. The summed E-state index contributed by atoms with van der Waals surface area (Å²) in [4.78, 5) is 14.6. The highest BCUT2D eigenvalue weighted by Gasteiger charge is 2.54. The first-order chi connectivity index (χ1) is 15.7. The van der Waals surface area contributed by atoms with E-state index in [9.17, 15) is 22.7 Å². The van der Waals surface area contributed by atoms with Gasteiger partial charge in [0.15, 0.2) is 0 Å². The van der Waals surface area contributed by atoms with Gasteiger partial charge in [-0.2, -0.15) is 0 Å². The lowest BCUT2D eigenvalue weighted by molar-refractivity contribution is -0.166. The molecule has 6 nitrogen and oxygen atoms in total. The van der Waals surface area contributed by atoms with Crippen LogP contribution in [0.3, 0.4) is 0 Å². The molecule has 0 unspecified atom stereocenters. The monoisotopic (exact) mass is 512 g/mol. The van der Waals surface area contributed by atoms with Crippen LogP contribution < -0.4 is 4.72 Å². The molecule has 2 aromatic carbocycles. The number of nitrogens with one attached hydrogen (secondary N) is 1. The molecule has 0 aromatic heterocycles. The second-order valence-electron chi connectivity index (χ2n) is 9.78. The maximum Gasteiger partial charge on any atom is 0.254 e. The lowest BCUT2D eigenvalue weighted by Gasteiger charge is -2.58. The van der Waals surface area contributed by atoms with Crippen molar-refractivity contribution in [3.05, 3.63) is 58.6 Å². The maximum absolute atomic E-state index is 15.7. The number of carbonyl (C=O) groups excluding carboxylic acids is 1. The summed E-state index contributed by atoms with van der Waals surface area (Å²) in [5, 5.41) is 10.8. The second-order valence-corrected chi connectivity index (χ2v) is 12.0. The summed E-state index contributed by atoms with van der Waals surface area (Å²) in [7, 11) is -3.65. The lowest BCUT2D eigenvalue weighted by Crippen LogP contribution is -2.72. The zero-order chi connectivity index (χ0) is 25.0. The van der Waals surface area contributed by atoms with Gasteiger partial charge in [0.05, 0.1) is 12.3 Å². The van der Waals surface area contributed by atoms with Crippen molar-refractivity contribution in [3.63, 3.8) is 0 Å². The van der Waals surface area contributed by atoms with E-state index in [0.29, 0.717) is 23.4 Å². The molecule has 2 heterocycles. The van der Waals surface area contributed by atoms with Crippen molar-refractivity contribution in [2.24, 2.45) is 5.92 Å². The molecule has 184 valence electrons. The van der Waals surface area contributed by atoms with Crippen LogP contribution in [0.25, 0.3) is 11.1 Å². The van der Waals surface area contributed by atoms with Crippen molar-refractivity contribution in [2.75, 3.05) is 6.26 Å². The van der Waals surface area contributed by atoms with Gasteiger partial charge in [-0.05, 0) is 74.4 Å². The molecule has 2 saturated heterocycles. The van der Waals surface area contributed by atoms with Gasteiger partial charge in [-0.3, -0.25) is 4.79 Å². The Balaban J connectivity index is 1.78. The van der Waals surface area contributed by atoms with Gasteiger partial charge >= 0.3 is 0 Å². The number of rotatable bonds is 6. The SMILES string of the molecule is CC(C)(O)C(=O)N1C2CC(C2)[C@@H](NS(C)(=O)=O)[C@H]1Cc1cc(F)cc(-c2cccc(Cl)c2)c1F. The van der Waals surface area contributed by atoms with Crippen LogP contribution in [0.5, 0.6) is 0 Å². The fourth-order valence-electron chi connectivity index (χ4n) is 5.07. The lowest BCUT2D eigenvalue weighted by atomic mass is 9.66. The predicted molar refractivity (Wildman–Crippen MR) is 126 cm³/mol. The fourth-order valence-corrected chi connectivity index (χ4v) is 6.11. The third-order valence-electron chi connectivity index (χ3n) is 6.61. The Morgan fingerprint density at radius 2 is 1.91 bits per heavy atom. The zero-order valence-electron chi connectivity index (χ0n) is 19.1. The van der Waals surface area contributed by atoms with Crippen LogP contribution in [0.1, 0.15) is 32.3 Å². The van der Waals surface area contributed by atoms with E-state index in [1.165, 1.54) is 24.8 Å². The predicted octanol–water partition coefficient (Wildman–Crippen LogP) is 3.51. The minimum atomic E-state index is -3.65. The molecule has 3 aliphatic rings. The minimum absolute atomic E-state index is 0.00937. The van der Waals surface area contributed by atoms with Gasteiger partial charge in [-0.15, -0.1) is 0 Å². The molecule has 0 radical (unpaired) electrons. The van der Waals surface area contributed by atoms with Crippen LogP contribution >= 0.6 is 11.6 Å². The van der Waals surface area contributed by atoms with E-state index in [4.69, 9.17) is 11.6 Å². The summed E-state index contributed by atoms with van der Waals surface area (Å²) >= 11 is 6.03. The first-order valence-electron chi connectivity index (χ1n) is 11.0. The highest BCUT2D eigenvalue weighted by molar-refractivity contribution is 7.88. The van der Waals surface area contributed by atoms with Crippen LogP contribution in [0.2, 0.25) is 5.02 Å². The smallest absolute Gasteiger partial charge is 0.254 e. The van der Waals surface area contributed by atoms with E-state index < -0.39 is 45.2 Å². The van der Waals surface area contributed by atoms with Crippen LogP contribution in [-0.4, -0.2) is 54.3 Å². The number of hydrogen-bond acceptors (Lipinski definition) is 4. The molecule has 10 heteroatoms. The Morgan fingerprint density at radius 3 is 2.50 bits per heavy atom. The van der Waals surface area contributed by atoms with Gasteiger partial charge in [0.2, 0.25) is 10.0 Å². The van der Waals surface area contributed by atoms with Gasteiger partial charge in [0.25, 0.3) is 5.91 Å². The van der Waals surface area contributed by atoms with E-state index in [2.05, 4.69) is 4.72 Å². The highest BCUT2D eigenvalue weighted by atomic mass is 35.5. The first-order valence-corrected chi connectivity index (χ1v) is 13.3. The Kier molecular flexibility index (Phi) is 6.52. The van der Waals surface area contributed by atoms with Crippen molar-refractivity contribution < 1.29 is 27.1 Å². The normalized spacial score (nSPS) is 24.6. The molecule has 34 heavy (non-hydrogen) atoms. The number of fused-ring (bicyclic) bond motifs is 2. The average molecular weight is 513 g/mol. The first kappa shape index (κ1) is 25.0. The summed E-state index contributed by atoms with van der Waals surface area (Å²) in [6, 6.07) is 6.85. The Labute approximate surface area is 203 Å². The van der Waals surface area contributed by atoms with E-state index in [1.54, 1.807) is 18.2 Å². The Morgan fingerprint density at radius 1 is 1.24 bits per heavy atom. The number of carbonyl (C=O) groups is 1. The van der Waals surface area contributed by atoms with Gasteiger partial charge < -0.3 is 10.0 Å². The van der Waals surface area contributed by atoms with Crippen LogP contribution in [0.4, 0.5) is 8.78 Å². The molecule has 2 bridgehead atoms. The topological polar surface area (TPSA) is 86.7 Å². The van der Waals surface area contributed by atoms with Gasteiger partial charge in [-0.1, -0.05) is 23.7 Å². The second kappa shape index (κ2) is 8.86. The molecule has 2 atom stereocenters. The number of nitrogens with zero attached hydrogens (tertiary/aromatic N) is 1. The average Bonchev–Trinajstić information content (AvgIpc) is 2.68. The molecule has 3 fully saturated rings. The van der Waals surface area contributed by atoms with Crippen molar-refractivity contribution >= 4 is 27.5 Å². The van der Waals surface area contributed by atoms with E-state index in [-0.39, 0.29) is 29.5 Å². The summed E-state index contributed by atoms with van der Waals surface area (Å²) < 4.78 is 57.1. The largest absolute Gasteiger partial charge is 0.381 e. The van der Waals surface area contributed by atoms with E-state index >= 15 is 4.39 Å². The van der Waals surface area contributed by atoms with Crippen LogP contribution in [-0.2, 0) is 21.2 Å². The number of benzene rings is 2. The van der Waals surface area contributed by atoms with Gasteiger partial charge in [-0.25, -0.2) is 21.9 Å². The molecule has 1 aliphatic carbocycles. The number of piperidine rings is 2. The standard InChI is InChI=1S/C24H27ClF2N2O4S/c1-24(2,31)23(30)29-18-9-15(10-18)22(28-34(3,32)33)20(29)11-14-8-17(26)12-19(21(14)27)13-5-4-6-16(25)7-13/h4-8,12,15,18,20,22,28,31H,9-11H2,1-3H3/t15?,18?,20-,22-/m1/s1. The molecular formula is C24H27ClF2N2O4S. The Hall–Kier alpha value is -2.07. The third kappa shape index (κ3) is 4.98. The molecule has 2 aliphatic heterocycles. The third-order valence-corrected chi connectivity index (χ3v) is 7.54. The number of amides is 1. The molecule has 5 rings (SSSR count). The maximum atomic E-state index is 15.7. The number of aliphatic hydroxyl groups is 1. The van der Waals surface area contributed by atoms with E-state index in [1.807, 2.05) is 0 Å². The van der Waals surface area contributed by atoms with Crippen molar-refractivity contribution in [2.45, 2.75) is 56.8 Å². The summed E-state index contributed by atoms with van der Waals surface area (Å²) in [6.45, 7) is 2.71. The van der Waals surface area contributed by atoms with Crippen molar-refractivity contribution in [3.8, 4) is 11.1 Å². The van der Waals surface area contributed by atoms with Crippen molar-refractivity contribution in [1.82, 2.24) is 9.62 Å². The van der Waals surface area contributed by atoms with Crippen molar-refractivity contribution in [1.29, 1.82) is 0 Å². The van der Waals surface area contributed by atoms with Gasteiger partial charge in [0, 0.05) is 22.7 Å². The Bertz CT molecular complexity index is 1230. The van der Waals surface area contributed by atoms with Crippen LogP contribution in [0, 0.1) is 17.6 Å². The molecule has 0 spiro atoms. The summed E-state index contributed by atoms with van der Waals surface area (Å²) in [5.41, 5.74) is -1.28. The number of hydrogen-bond donors (Lipinski definition) is 2. The van der Waals surface area contributed by atoms with Crippen LogP contribution in [0.15, 0.2) is 36.4 Å². The molecule has 2 aromatic rings. The fraction of sp³-hybridized carbons (Fsp3) is 0.458. The quantitative estimate of drug-likeness (QED) is 0.620.